The third kappa shape index (κ3) is 186. The fourth-order valence-corrected chi connectivity index (χ4v) is 0. The van der Waals surface area contributed by atoms with E-state index in [1.807, 2.05) is 0 Å². The molecular formula is C2H10BNO4. The lowest BCUT2D eigenvalue weighted by Crippen LogP contribution is -2.51. The topological polar surface area (TPSA) is 111 Å². The second-order valence-electron chi connectivity index (χ2n) is 0.903. The van der Waals surface area contributed by atoms with Crippen molar-refractivity contribution < 1.29 is 25.9 Å². The van der Waals surface area contributed by atoms with Gasteiger partial charge < -0.3 is 25.9 Å². The monoisotopic (exact) mass is 123 g/mol. The number of aliphatic hydroxyl groups is 1. The first kappa shape index (κ1) is 10.8. The van der Waals surface area contributed by atoms with Crippen LogP contribution in [-0.4, -0.2) is 35.6 Å². The molecule has 6 heteroatoms. The largest absolute Gasteiger partial charge is 0.832 e. The first-order valence-corrected chi connectivity index (χ1v) is 2.07. The van der Waals surface area contributed by atoms with E-state index in [9.17, 15) is 0 Å². The van der Waals surface area contributed by atoms with Crippen LogP contribution in [0.5, 0.6) is 0 Å². The first-order valence-electron chi connectivity index (χ1n) is 2.07. The standard InChI is InChI=1S/C2H7NO.BH2O3/c3-1-2-4;2-1(3)4/h4H,1-3H2;2-3H/q;-1/p+1. The molecule has 5 nitrogen and oxygen atoms in total. The average Bonchev–Trinajstić information content (AvgIpc) is 1.65. The van der Waals surface area contributed by atoms with E-state index in [4.69, 9.17) is 20.2 Å². The van der Waals surface area contributed by atoms with Crippen LogP contribution in [0.2, 0.25) is 0 Å². The second kappa shape index (κ2) is 9.98. The van der Waals surface area contributed by atoms with Crippen LogP contribution < -0.4 is 10.8 Å². The third-order valence-corrected chi connectivity index (χ3v) is 0.158. The summed E-state index contributed by atoms with van der Waals surface area (Å²) in [6.07, 6.45) is 0. The van der Waals surface area contributed by atoms with Gasteiger partial charge in [0.25, 0.3) is 0 Å². The van der Waals surface area contributed by atoms with Gasteiger partial charge in [-0.05, 0) is 0 Å². The predicted octanol–water partition coefficient (Wildman–Crippen LogP) is -4.46. The van der Waals surface area contributed by atoms with E-state index < -0.39 is 7.32 Å². The van der Waals surface area contributed by atoms with Crippen molar-refractivity contribution in [2.24, 2.45) is 0 Å². The van der Waals surface area contributed by atoms with Gasteiger partial charge in [0, 0.05) is 0 Å². The van der Waals surface area contributed by atoms with E-state index in [0.717, 1.165) is 0 Å². The van der Waals surface area contributed by atoms with E-state index >= 15 is 0 Å². The van der Waals surface area contributed by atoms with E-state index in [-0.39, 0.29) is 6.61 Å². The molecule has 0 aliphatic rings. The van der Waals surface area contributed by atoms with Crippen molar-refractivity contribution in [2.75, 3.05) is 13.2 Å². The van der Waals surface area contributed by atoms with Crippen molar-refractivity contribution in [3.05, 3.63) is 0 Å². The molecule has 0 radical (unpaired) electrons. The van der Waals surface area contributed by atoms with Gasteiger partial charge in [0.1, 0.15) is 0 Å². The van der Waals surface area contributed by atoms with Gasteiger partial charge in [0.15, 0.2) is 0 Å². The van der Waals surface area contributed by atoms with Gasteiger partial charge in [-0.25, -0.2) is 0 Å². The van der Waals surface area contributed by atoms with E-state index in [1.165, 1.54) is 0 Å². The molecule has 0 unspecified atom stereocenters. The highest BCUT2D eigenvalue weighted by Crippen LogP contribution is 1.29. The molecule has 0 aromatic rings. The van der Waals surface area contributed by atoms with Crippen molar-refractivity contribution in [1.29, 1.82) is 0 Å². The van der Waals surface area contributed by atoms with Gasteiger partial charge in [0.2, 0.25) is 0 Å². The summed E-state index contributed by atoms with van der Waals surface area (Å²) in [5, 5.41) is 30.6. The Morgan fingerprint density at radius 1 is 1.50 bits per heavy atom. The Kier molecular flexibility index (Phi) is 13.4. The lowest BCUT2D eigenvalue weighted by Gasteiger charge is -1.92. The Hall–Kier alpha value is -0.135. The average molecular weight is 123 g/mol. The molecule has 0 aliphatic carbocycles. The van der Waals surface area contributed by atoms with E-state index in [2.05, 4.69) is 5.73 Å². The number of aliphatic hydroxyl groups excluding tert-OH is 1. The zero-order chi connectivity index (χ0) is 6.99. The molecular weight excluding hydrogens is 113 g/mol. The summed E-state index contributed by atoms with van der Waals surface area (Å²) in [5.41, 5.74) is 3.35. The summed E-state index contributed by atoms with van der Waals surface area (Å²) in [7, 11) is -2.42. The fourth-order valence-electron chi connectivity index (χ4n) is 0. The summed E-state index contributed by atoms with van der Waals surface area (Å²) in [6.45, 7) is 0.833. The smallest absolute Gasteiger partial charge is 0.339 e. The molecule has 0 aromatic heterocycles. The molecule has 0 atom stereocenters. The predicted molar refractivity (Wildman–Crippen MR) is 25.0 cm³/mol. The Bertz CT molecular complexity index is 30.5. The second-order valence-corrected chi connectivity index (χ2v) is 0.903. The summed E-state index contributed by atoms with van der Waals surface area (Å²) in [4.78, 5) is 0. The Labute approximate surface area is 47.6 Å². The Morgan fingerprint density at radius 2 is 1.62 bits per heavy atom. The van der Waals surface area contributed by atoms with Crippen LogP contribution in [0.25, 0.3) is 0 Å². The summed E-state index contributed by atoms with van der Waals surface area (Å²) < 4.78 is 0. The van der Waals surface area contributed by atoms with Crippen molar-refractivity contribution in [1.82, 2.24) is 0 Å². The first-order chi connectivity index (χ1) is 3.65. The molecule has 6 N–H and O–H groups in total. The third-order valence-electron chi connectivity index (χ3n) is 0.158. The molecule has 0 aliphatic heterocycles. The number of hydrogen-bond acceptors (Lipinski definition) is 4. The minimum absolute atomic E-state index is 0.208. The minimum atomic E-state index is -2.42. The van der Waals surface area contributed by atoms with Crippen LogP contribution in [-0.2, 0) is 0 Å². The van der Waals surface area contributed by atoms with Gasteiger partial charge in [-0.15, -0.1) is 0 Å². The molecule has 0 rings (SSSR count). The maximum absolute atomic E-state index is 8.64. The van der Waals surface area contributed by atoms with Gasteiger partial charge >= 0.3 is 7.32 Å². The van der Waals surface area contributed by atoms with Gasteiger partial charge in [-0.1, -0.05) is 0 Å². The Morgan fingerprint density at radius 3 is 1.62 bits per heavy atom. The van der Waals surface area contributed by atoms with E-state index in [1.54, 1.807) is 0 Å². The molecule has 0 amide bonds. The van der Waals surface area contributed by atoms with E-state index in [0.29, 0.717) is 6.54 Å². The van der Waals surface area contributed by atoms with Crippen LogP contribution in [0, 0.1) is 0 Å². The fraction of sp³-hybridized carbons (Fsp3) is 1.00. The summed E-state index contributed by atoms with van der Waals surface area (Å²) >= 11 is 0. The zero-order valence-electron chi connectivity index (χ0n) is 4.45. The van der Waals surface area contributed by atoms with Crippen molar-refractivity contribution in [2.45, 2.75) is 0 Å². The quantitative estimate of drug-likeness (QED) is 0.263. The Balaban J connectivity index is 0. The molecule has 0 saturated carbocycles. The maximum atomic E-state index is 8.64. The lowest BCUT2D eigenvalue weighted by atomic mass is 10.3. The molecule has 0 aromatic carbocycles. The SMILES string of the molecule is [NH3+]CCO.[O-]B(O)O. The van der Waals surface area contributed by atoms with Crippen molar-refractivity contribution in [3.63, 3.8) is 0 Å². The number of quaternary nitrogens is 1. The molecule has 0 saturated heterocycles. The molecule has 0 heterocycles. The normalized spacial score (nSPS) is 7.12. The minimum Gasteiger partial charge on any atom is -0.832 e. The van der Waals surface area contributed by atoms with Crippen molar-refractivity contribution >= 4 is 7.32 Å². The summed E-state index contributed by atoms with van der Waals surface area (Å²) in [5.74, 6) is 0. The maximum Gasteiger partial charge on any atom is 0.339 e. The highest BCUT2D eigenvalue weighted by atomic mass is 16.5. The van der Waals surface area contributed by atoms with Crippen LogP contribution in [0.1, 0.15) is 0 Å². The van der Waals surface area contributed by atoms with Gasteiger partial charge in [0.05, 0.1) is 13.2 Å². The van der Waals surface area contributed by atoms with Crippen LogP contribution in [0.4, 0.5) is 0 Å². The molecule has 0 fully saturated rings. The number of hydrogen-bond donors (Lipinski definition) is 4. The molecule has 8 heavy (non-hydrogen) atoms. The highest BCUT2D eigenvalue weighted by molar-refractivity contribution is 6.28. The molecule has 0 bridgehead atoms. The van der Waals surface area contributed by atoms with Crippen LogP contribution in [0.15, 0.2) is 0 Å². The molecule has 50 valence electrons. The highest BCUT2D eigenvalue weighted by Gasteiger charge is 1.68. The van der Waals surface area contributed by atoms with Crippen LogP contribution in [0.3, 0.4) is 0 Å². The zero-order valence-corrected chi connectivity index (χ0v) is 4.45. The van der Waals surface area contributed by atoms with Gasteiger partial charge in [-0.3, -0.25) is 0 Å². The number of rotatable bonds is 1. The van der Waals surface area contributed by atoms with Crippen molar-refractivity contribution in [3.8, 4) is 0 Å². The summed E-state index contributed by atoms with van der Waals surface area (Å²) in [6, 6.07) is 0. The lowest BCUT2D eigenvalue weighted by molar-refractivity contribution is -0.372. The molecule has 0 spiro atoms. The van der Waals surface area contributed by atoms with Gasteiger partial charge in [-0.2, -0.15) is 0 Å². The van der Waals surface area contributed by atoms with Crippen LogP contribution >= 0.6 is 0 Å².